The van der Waals surface area contributed by atoms with Crippen LogP contribution in [-0.4, -0.2) is 11.1 Å². The fraction of sp³-hybridized carbons (Fsp3) is 0.850. The van der Waals surface area contributed by atoms with Crippen LogP contribution in [0.2, 0.25) is 0 Å². The van der Waals surface area contributed by atoms with Gasteiger partial charge in [-0.2, -0.15) is 0 Å². The number of hydrogen-bond acceptors (Lipinski definition) is 1. The Morgan fingerprint density at radius 3 is 2.59 bits per heavy atom. The first-order chi connectivity index (χ1) is 10.7. The van der Waals surface area contributed by atoms with Gasteiger partial charge in [0.25, 0.3) is 0 Å². The molecule has 0 radical (unpaired) electrons. The van der Waals surface area contributed by atoms with Crippen molar-refractivity contribution in [1.29, 1.82) is 0 Å². The first kappa shape index (κ1) is 19.3. The highest BCUT2D eigenvalue weighted by Crippen LogP contribution is 2.35. The van der Waals surface area contributed by atoms with E-state index in [9.17, 15) is 4.79 Å². The van der Waals surface area contributed by atoms with Crippen molar-refractivity contribution in [3.05, 3.63) is 11.6 Å². The smallest absolute Gasteiger partial charge is 0.303 e. The summed E-state index contributed by atoms with van der Waals surface area (Å²) in [5.41, 5.74) is 1.74. The number of allylic oxidation sites excluding steroid dienone is 2. The lowest BCUT2D eigenvalue weighted by atomic mass is 9.94. The zero-order valence-electron chi connectivity index (χ0n) is 14.6. The molecular weight excluding hydrogens is 272 g/mol. The third-order valence-electron chi connectivity index (χ3n) is 4.95. The Bertz CT molecular complexity index is 320. The second kappa shape index (κ2) is 12.7. The standard InChI is InChI=1S/C20H36O2/c1-2-3-4-5-6-9-13-18-15-12-16-19(18)14-10-7-8-11-17-20(21)22/h13,19H,2-12,14-17H2,1H3,(H,21,22)/t19-/m0/s1. The fourth-order valence-corrected chi connectivity index (χ4v) is 3.60. The van der Waals surface area contributed by atoms with Crippen LogP contribution in [0.3, 0.4) is 0 Å². The topological polar surface area (TPSA) is 37.3 Å². The Balaban J connectivity index is 2.08. The van der Waals surface area contributed by atoms with Crippen LogP contribution in [0, 0.1) is 5.92 Å². The summed E-state index contributed by atoms with van der Waals surface area (Å²) in [5, 5.41) is 8.62. The van der Waals surface area contributed by atoms with Crippen LogP contribution < -0.4 is 0 Å². The van der Waals surface area contributed by atoms with Gasteiger partial charge in [-0.25, -0.2) is 0 Å². The molecular formula is C20H36O2. The third-order valence-corrected chi connectivity index (χ3v) is 4.95. The predicted molar refractivity (Wildman–Crippen MR) is 94.1 cm³/mol. The predicted octanol–water partition coefficient (Wildman–Crippen LogP) is 6.50. The minimum atomic E-state index is -0.653. The summed E-state index contributed by atoms with van der Waals surface area (Å²) in [6.07, 6.45) is 20.9. The average molecular weight is 309 g/mol. The molecule has 0 unspecified atom stereocenters. The first-order valence-corrected chi connectivity index (χ1v) is 9.64. The SMILES string of the molecule is CCCCCCCC=C1CCC[C@@H]1CCCCCCC(=O)O. The number of aliphatic carboxylic acids is 1. The number of unbranched alkanes of at least 4 members (excludes halogenated alkanes) is 8. The number of carbonyl (C=O) groups is 1. The summed E-state index contributed by atoms with van der Waals surface area (Å²) >= 11 is 0. The molecule has 0 bridgehead atoms. The van der Waals surface area contributed by atoms with E-state index in [2.05, 4.69) is 13.0 Å². The third kappa shape index (κ3) is 9.27. The Labute approximate surface area is 137 Å². The van der Waals surface area contributed by atoms with E-state index in [4.69, 9.17) is 5.11 Å². The van der Waals surface area contributed by atoms with Crippen molar-refractivity contribution >= 4 is 5.97 Å². The quantitative estimate of drug-likeness (QED) is 0.311. The molecule has 22 heavy (non-hydrogen) atoms. The van der Waals surface area contributed by atoms with E-state index in [1.54, 1.807) is 5.57 Å². The summed E-state index contributed by atoms with van der Waals surface area (Å²) in [6, 6.07) is 0. The lowest BCUT2D eigenvalue weighted by molar-refractivity contribution is -0.137. The van der Waals surface area contributed by atoms with Crippen molar-refractivity contribution in [3.63, 3.8) is 0 Å². The van der Waals surface area contributed by atoms with E-state index in [1.165, 1.54) is 77.0 Å². The fourth-order valence-electron chi connectivity index (χ4n) is 3.60. The normalized spacial score (nSPS) is 19.9. The minimum absolute atomic E-state index is 0.340. The minimum Gasteiger partial charge on any atom is -0.481 e. The van der Waals surface area contributed by atoms with Gasteiger partial charge < -0.3 is 5.11 Å². The average Bonchev–Trinajstić information content (AvgIpc) is 2.93. The zero-order chi connectivity index (χ0) is 16.0. The second-order valence-electron chi connectivity index (χ2n) is 6.92. The van der Waals surface area contributed by atoms with Crippen molar-refractivity contribution in [1.82, 2.24) is 0 Å². The van der Waals surface area contributed by atoms with Gasteiger partial charge in [0.2, 0.25) is 0 Å². The van der Waals surface area contributed by atoms with Crippen molar-refractivity contribution in [3.8, 4) is 0 Å². The van der Waals surface area contributed by atoms with Gasteiger partial charge in [-0.1, -0.05) is 63.5 Å². The Kier molecular flexibility index (Phi) is 11.1. The molecule has 1 aliphatic carbocycles. The van der Waals surface area contributed by atoms with E-state index in [1.807, 2.05) is 0 Å². The number of carboxylic acid groups (broad SMARTS) is 1. The van der Waals surface area contributed by atoms with Gasteiger partial charge in [0.1, 0.15) is 0 Å². The zero-order valence-corrected chi connectivity index (χ0v) is 14.6. The summed E-state index contributed by atoms with van der Waals surface area (Å²) < 4.78 is 0. The van der Waals surface area contributed by atoms with Crippen molar-refractivity contribution < 1.29 is 9.90 Å². The highest BCUT2D eigenvalue weighted by molar-refractivity contribution is 5.66. The van der Waals surface area contributed by atoms with Crippen LogP contribution in [-0.2, 0) is 4.79 Å². The number of hydrogen-bond donors (Lipinski definition) is 1. The lowest BCUT2D eigenvalue weighted by Gasteiger charge is -2.12. The van der Waals surface area contributed by atoms with Gasteiger partial charge in [-0.15, -0.1) is 0 Å². The van der Waals surface area contributed by atoms with Gasteiger partial charge in [0.15, 0.2) is 0 Å². The summed E-state index contributed by atoms with van der Waals surface area (Å²) in [6.45, 7) is 2.27. The lowest BCUT2D eigenvalue weighted by Crippen LogP contribution is -1.98. The molecule has 1 N–H and O–H groups in total. The van der Waals surface area contributed by atoms with E-state index in [-0.39, 0.29) is 0 Å². The first-order valence-electron chi connectivity index (χ1n) is 9.64. The molecule has 1 fully saturated rings. The molecule has 1 saturated carbocycles. The molecule has 2 heteroatoms. The Hall–Kier alpha value is -0.790. The van der Waals surface area contributed by atoms with Crippen molar-refractivity contribution in [2.24, 2.45) is 5.92 Å². The second-order valence-corrected chi connectivity index (χ2v) is 6.92. The van der Waals surface area contributed by atoms with Crippen molar-refractivity contribution in [2.75, 3.05) is 0 Å². The van der Waals surface area contributed by atoms with Crippen LogP contribution in [0.1, 0.15) is 103 Å². The maximum absolute atomic E-state index is 10.5. The van der Waals surface area contributed by atoms with Crippen molar-refractivity contribution in [2.45, 2.75) is 103 Å². The molecule has 1 atom stereocenters. The Morgan fingerprint density at radius 2 is 1.82 bits per heavy atom. The molecule has 0 heterocycles. The highest BCUT2D eigenvalue weighted by atomic mass is 16.4. The molecule has 1 rings (SSSR count). The van der Waals surface area contributed by atoms with Crippen LogP contribution in [0.5, 0.6) is 0 Å². The maximum atomic E-state index is 10.5. The number of carboxylic acids is 1. The van der Waals surface area contributed by atoms with Gasteiger partial charge in [0.05, 0.1) is 0 Å². The number of rotatable bonds is 13. The van der Waals surface area contributed by atoms with Crippen LogP contribution >= 0.6 is 0 Å². The van der Waals surface area contributed by atoms with E-state index >= 15 is 0 Å². The van der Waals surface area contributed by atoms with Crippen LogP contribution in [0.25, 0.3) is 0 Å². The molecule has 0 spiro atoms. The maximum Gasteiger partial charge on any atom is 0.303 e. The molecule has 0 aliphatic heterocycles. The van der Waals surface area contributed by atoms with Gasteiger partial charge in [-0.05, 0) is 50.9 Å². The van der Waals surface area contributed by atoms with Gasteiger partial charge in [0, 0.05) is 6.42 Å². The monoisotopic (exact) mass is 308 g/mol. The molecule has 0 amide bonds. The molecule has 2 nitrogen and oxygen atoms in total. The Morgan fingerprint density at radius 1 is 1.09 bits per heavy atom. The van der Waals surface area contributed by atoms with Gasteiger partial charge in [-0.3, -0.25) is 4.79 Å². The molecule has 0 aromatic rings. The molecule has 0 aromatic carbocycles. The van der Waals surface area contributed by atoms with Crippen LogP contribution in [0.4, 0.5) is 0 Å². The highest BCUT2D eigenvalue weighted by Gasteiger charge is 2.19. The molecule has 1 aliphatic rings. The summed E-state index contributed by atoms with van der Waals surface area (Å²) in [7, 11) is 0. The molecule has 0 aromatic heterocycles. The summed E-state index contributed by atoms with van der Waals surface area (Å²) in [5.74, 6) is 0.190. The van der Waals surface area contributed by atoms with Gasteiger partial charge >= 0.3 is 5.97 Å². The summed E-state index contributed by atoms with van der Waals surface area (Å²) in [4.78, 5) is 10.5. The van der Waals surface area contributed by atoms with E-state index < -0.39 is 5.97 Å². The molecule has 128 valence electrons. The van der Waals surface area contributed by atoms with E-state index in [0.717, 1.165) is 18.8 Å². The van der Waals surface area contributed by atoms with E-state index in [0.29, 0.717) is 6.42 Å². The molecule has 0 saturated heterocycles. The van der Waals surface area contributed by atoms with Crippen LogP contribution in [0.15, 0.2) is 11.6 Å². The largest absolute Gasteiger partial charge is 0.481 e.